The van der Waals surface area contributed by atoms with E-state index in [2.05, 4.69) is 47.5 Å². The van der Waals surface area contributed by atoms with Crippen LogP contribution in [0.2, 0.25) is 0 Å². The van der Waals surface area contributed by atoms with E-state index >= 15 is 0 Å². The summed E-state index contributed by atoms with van der Waals surface area (Å²) in [5, 5.41) is 3.87. The van der Waals surface area contributed by atoms with Crippen LogP contribution in [0.15, 0.2) is 30.3 Å². The van der Waals surface area contributed by atoms with Gasteiger partial charge in [-0.3, -0.25) is 4.90 Å². The Bertz CT molecular complexity index is 456. The molecular weight excluding hydrogens is 260 g/mol. The highest BCUT2D eigenvalue weighted by Crippen LogP contribution is 2.40. The highest BCUT2D eigenvalue weighted by Gasteiger charge is 2.47. The molecule has 0 radical (unpaired) electrons. The summed E-state index contributed by atoms with van der Waals surface area (Å²) in [6.07, 6.45) is 5.39. The van der Waals surface area contributed by atoms with Crippen LogP contribution >= 0.6 is 0 Å². The zero-order valence-electron chi connectivity index (χ0n) is 13.4. The molecule has 2 fully saturated rings. The van der Waals surface area contributed by atoms with Gasteiger partial charge in [0.1, 0.15) is 0 Å². The van der Waals surface area contributed by atoms with E-state index in [0.717, 1.165) is 26.2 Å². The van der Waals surface area contributed by atoms with Gasteiger partial charge in [-0.25, -0.2) is 0 Å². The molecule has 1 saturated heterocycles. The Balaban J connectivity index is 1.81. The van der Waals surface area contributed by atoms with E-state index in [-0.39, 0.29) is 5.54 Å². The van der Waals surface area contributed by atoms with Crippen molar-refractivity contribution >= 4 is 0 Å². The summed E-state index contributed by atoms with van der Waals surface area (Å²) in [4.78, 5) is 2.70. The SMILES string of the molecule is COCCN1CC(C)(c2ccccc2)NCC12CCCC2. The molecule has 1 atom stereocenters. The second kappa shape index (κ2) is 6.07. The fourth-order valence-electron chi connectivity index (χ4n) is 4.12. The zero-order chi connectivity index (χ0) is 14.8. The molecule has 3 nitrogen and oxygen atoms in total. The first-order valence-electron chi connectivity index (χ1n) is 8.23. The van der Waals surface area contributed by atoms with Crippen molar-refractivity contribution in [2.24, 2.45) is 0 Å². The lowest BCUT2D eigenvalue weighted by atomic mass is 9.82. The topological polar surface area (TPSA) is 24.5 Å². The smallest absolute Gasteiger partial charge is 0.0589 e. The van der Waals surface area contributed by atoms with Gasteiger partial charge in [0.25, 0.3) is 0 Å². The first kappa shape index (κ1) is 15.0. The first-order valence-corrected chi connectivity index (χ1v) is 8.23. The number of methoxy groups -OCH3 is 1. The molecule has 1 unspecified atom stereocenters. The predicted octanol–water partition coefficient (Wildman–Crippen LogP) is 2.77. The van der Waals surface area contributed by atoms with Gasteiger partial charge in [-0.1, -0.05) is 43.2 Å². The van der Waals surface area contributed by atoms with Crippen molar-refractivity contribution in [3.8, 4) is 0 Å². The van der Waals surface area contributed by atoms with Crippen LogP contribution in [-0.4, -0.2) is 43.8 Å². The van der Waals surface area contributed by atoms with Crippen LogP contribution in [-0.2, 0) is 10.3 Å². The van der Waals surface area contributed by atoms with E-state index in [1.807, 2.05) is 0 Å². The minimum atomic E-state index is 0.0445. The Morgan fingerprint density at radius 1 is 1.19 bits per heavy atom. The molecule has 0 bridgehead atoms. The second-order valence-corrected chi connectivity index (χ2v) is 6.90. The third-order valence-electron chi connectivity index (χ3n) is 5.50. The van der Waals surface area contributed by atoms with Gasteiger partial charge in [0, 0.05) is 32.3 Å². The van der Waals surface area contributed by atoms with Crippen LogP contribution in [0.4, 0.5) is 0 Å². The van der Waals surface area contributed by atoms with Crippen LogP contribution in [0.3, 0.4) is 0 Å². The molecule has 1 aromatic carbocycles. The van der Waals surface area contributed by atoms with Gasteiger partial charge in [0.2, 0.25) is 0 Å². The number of nitrogens with zero attached hydrogens (tertiary/aromatic N) is 1. The molecule has 1 N–H and O–H groups in total. The third kappa shape index (κ3) is 2.87. The summed E-state index contributed by atoms with van der Waals surface area (Å²) in [5.41, 5.74) is 1.80. The van der Waals surface area contributed by atoms with Gasteiger partial charge in [0.15, 0.2) is 0 Å². The van der Waals surface area contributed by atoms with Crippen molar-refractivity contribution in [3.63, 3.8) is 0 Å². The molecule has 0 amide bonds. The fraction of sp³-hybridized carbons (Fsp3) is 0.667. The van der Waals surface area contributed by atoms with Crippen LogP contribution < -0.4 is 5.32 Å². The Morgan fingerprint density at radius 2 is 1.90 bits per heavy atom. The standard InChI is InChI=1S/C18H28N2O/c1-17(16-8-4-3-5-9-16)15-20(12-13-21-2)18(14-19-17)10-6-7-11-18/h3-5,8-9,19H,6-7,10-15H2,1-2H3. The summed E-state index contributed by atoms with van der Waals surface area (Å²) in [5.74, 6) is 0. The Morgan fingerprint density at radius 3 is 2.57 bits per heavy atom. The van der Waals surface area contributed by atoms with Crippen molar-refractivity contribution in [2.75, 3.05) is 33.4 Å². The van der Waals surface area contributed by atoms with Crippen molar-refractivity contribution in [1.29, 1.82) is 0 Å². The van der Waals surface area contributed by atoms with E-state index < -0.39 is 0 Å². The van der Waals surface area contributed by atoms with Gasteiger partial charge < -0.3 is 10.1 Å². The maximum Gasteiger partial charge on any atom is 0.0589 e. The molecule has 21 heavy (non-hydrogen) atoms. The molecule has 1 saturated carbocycles. The summed E-state index contributed by atoms with van der Waals surface area (Å²) in [6, 6.07) is 10.9. The molecule has 1 aliphatic carbocycles. The van der Waals surface area contributed by atoms with Gasteiger partial charge >= 0.3 is 0 Å². The molecule has 1 spiro atoms. The monoisotopic (exact) mass is 288 g/mol. The average molecular weight is 288 g/mol. The molecular formula is C18H28N2O. The minimum Gasteiger partial charge on any atom is -0.383 e. The van der Waals surface area contributed by atoms with Crippen molar-refractivity contribution < 1.29 is 4.74 Å². The van der Waals surface area contributed by atoms with E-state index in [0.29, 0.717) is 5.54 Å². The zero-order valence-corrected chi connectivity index (χ0v) is 13.4. The number of hydrogen-bond donors (Lipinski definition) is 1. The quantitative estimate of drug-likeness (QED) is 0.922. The fourth-order valence-corrected chi connectivity index (χ4v) is 4.12. The van der Waals surface area contributed by atoms with E-state index in [1.54, 1.807) is 7.11 Å². The first-order chi connectivity index (χ1) is 10.2. The molecule has 0 aromatic heterocycles. The molecule has 1 aromatic rings. The van der Waals surface area contributed by atoms with Gasteiger partial charge in [0.05, 0.1) is 12.1 Å². The highest BCUT2D eigenvalue weighted by molar-refractivity contribution is 5.26. The molecule has 2 aliphatic rings. The molecule has 3 rings (SSSR count). The van der Waals surface area contributed by atoms with Gasteiger partial charge in [-0.05, 0) is 25.3 Å². The van der Waals surface area contributed by atoms with Crippen molar-refractivity contribution in [1.82, 2.24) is 10.2 Å². The number of benzene rings is 1. The highest BCUT2D eigenvalue weighted by atomic mass is 16.5. The van der Waals surface area contributed by atoms with Crippen molar-refractivity contribution in [3.05, 3.63) is 35.9 Å². The van der Waals surface area contributed by atoms with Crippen molar-refractivity contribution in [2.45, 2.75) is 43.7 Å². The van der Waals surface area contributed by atoms with Crippen LogP contribution in [0.25, 0.3) is 0 Å². The molecule has 1 aliphatic heterocycles. The summed E-state index contributed by atoms with van der Waals surface area (Å²) < 4.78 is 5.36. The molecule has 3 heteroatoms. The lowest BCUT2D eigenvalue weighted by Gasteiger charge is -2.52. The van der Waals surface area contributed by atoms with E-state index in [9.17, 15) is 0 Å². The van der Waals surface area contributed by atoms with Crippen LogP contribution in [0, 0.1) is 0 Å². The van der Waals surface area contributed by atoms with Gasteiger partial charge in [-0.15, -0.1) is 0 Å². The molecule has 116 valence electrons. The average Bonchev–Trinajstić information content (AvgIpc) is 2.99. The lowest BCUT2D eigenvalue weighted by Crippen LogP contribution is -2.67. The largest absolute Gasteiger partial charge is 0.383 e. The number of hydrogen-bond acceptors (Lipinski definition) is 3. The minimum absolute atomic E-state index is 0.0445. The van der Waals surface area contributed by atoms with Crippen LogP contribution in [0.5, 0.6) is 0 Å². The number of ether oxygens (including phenoxy) is 1. The van der Waals surface area contributed by atoms with Gasteiger partial charge in [-0.2, -0.15) is 0 Å². The van der Waals surface area contributed by atoms with E-state index in [1.165, 1.54) is 31.2 Å². The number of nitrogens with one attached hydrogen (secondary N) is 1. The predicted molar refractivity (Wildman–Crippen MR) is 86.4 cm³/mol. The Kier molecular flexibility index (Phi) is 4.34. The molecule has 1 heterocycles. The maximum absolute atomic E-state index is 5.36. The normalized spacial score (nSPS) is 29.0. The summed E-state index contributed by atoms with van der Waals surface area (Å²) in [7, 11) is 1.81. The Hall–Kier alpha value is -0.900. The number of piperazine rings is 1. The number of rotatable bonds is 4. The maximum atomic E-state index is 5.36. The summed E-state index contributed by atoms with van der Waals surface area (Å²) >= 11 is 0. The third-order valence-corrected chi connectivity index (χ3v) is 5.50. The second-order valence-electron chi connectivity index (χ2n) is 6.90. The van der Waals surface area contributed by atoms with E-state index in [4.69, 9.17) is 4.74 Å². The Labute approximate surface area is 128 Å². The lowest BCUT2D eigenvalue weighted by molar-refractivity contribution is -0.00420. The van der Waals surface area contributed by atoms with Crippen LogP contribution in [0.1, 0.15) is 38.2 Å². The summed E-state index contributed by atoms with van der Waals surface area (Å²) in [6.45, 7) is 6.37.